The molecule has 0 aromatic rings. The molecule has 25 heavy (non-hydrogen) atoms. The van der Waals surface area contributed by atoms with Crippen molar-refractivity contribution in [1.29, 1.82) is 0 Å². The van der Waals surface area contributed by atoms with Crippen LogP contribution in [0, 0.1) is 0 Å². The van der Waals surface area contributed by atoms with E-state index < -0.39 is 33.8 Å². The molecule has 1 atom stereocenters. The fourth-order valence-electron chi connectivity index (χ4n) is 2.57. The topological polar surface area (TPSA) is 63.2 Å². The third-order valence-electron chi connectivity index (χ3n) is 2.94. The Morgan fingerprint density at radius 3 is 1.64 bits per heavy atom. The van der Waals surface area contributed by atoms with Crippen molar-refractivity contribution in [1.82, 2.24) is 0 Å². The fraction of sp³-hybridized carbons (Fsp3) is 0.933. The van der Waals surface area contributed by atoms with Crippen molar-refractivity contribution in [3.63, 3.8) is 0 Å². The molecule has 0 saturated carbocycles. The zero-order valence-corrected chi connectivity index (χ0v) is 21.4. The van der Waals surface area contributed by atoms with Crippen LogP contribution in [0.4, 0.5) is 0 Å². The Labute approximate surface area is 157 Å². The van der Waals surface area contributed by atoms with Crippen LogP contribution in [0.15, 0.2) is 0 Å². The quantitative estimate of drug-likeness (QED) is 0.393. The van der Waals surface area contributed by atoms with Crippen LogP contribution in [0.25, 0.3) is 0 Å². The molecule has 0 amide bonds. The molecule has 0 radical (unpaired) electrons. The van der Waals surface area contributed by atoms with Crippen molar-refractivity contribution in [2.45, 2.75) is 77.9 Å². The summed E-state index contributed by atoms with van der Waals surface area (Å²) in [5, 5.41) is 0. The predicted molar refractivity (Wildman–Crippen MR) is 109 cm³/mol. The highest BCUT2D eigenvalue weighted by atomic mass is 28.5. The summed E-state index contributed by atoms with van der Waals surface area (Å²) in [5.41, 5.74) is 0. The number of carbonyl (C=O) groups is 1. The van der Waals surface area contributed by atoms with Crippen LogP contribution in [0.3, 0.4) is 0 Å². The highest BCUT2D eigenvalue weighted by molar-refractivity contribution is 6.90. The van der Waals surface area contributed by atoms with E-state index in [0.29, 0.717) is 25.7 Å². The highest BCUT2D eigenvalue weighted by Gasteiger charge is 2.50. The average molecular weight is 425 g/mol. The van der Waals surface area contributed by atoms with Crippen molar-refractivity contribution in [2.75, 3.05) is 12.8 Å². The lowest BCUT2D eigenvalue weighted by atomic mass is 10.2. The Kier molecular flexibility index (Phi) is 7.86. The molecule has 148 valence electrons. The maximum absolute atomic E-state index is 11.2. The van der Waals surface area contributed by atoms with E-state index >= 15 is 0 Å². The largest absolute Gasteiger partial charge is 0.496 e. The lowest BCUT2D eigenvalue weighted by Crippen LogP contribution is -2.63. The zero-order chi connectivity index (χ0) is 19.5. The summed E-state index contributed by atoms with van der Waals surface area (Å²) < 4.78 is 30.8. The first kappa shape index (κ1) is 23.2. The van der Waals surface area contributed by atoms with E-state index in [-0.39, 0.29) is 12.1 Å². The van der Waals surface area contributed by atoms with Gasteiger partial charge >= 0.3 is 14.8 Å². The standard InChI is InChI=1S/C15H36O6Si4/c1-22(2,3)19-25(20-23(4,5)6,21-24(7,8)9)13-17-12-14-10-11-15(16)18-14/h14H,10-13H2,1-9H3. The normalized spacial score (nSPS) is 20.0. The molecule has 0 aromatic carbocycles. The summed E-state index contributed by atoms with van der Waals surface area (Å²) in [4.78, 5) is 11.2. The lowest BCUT2D eigenvalue weighted by molar-refractivity contribution is -0.143. The Bertz CT molecular complexity index is 412. The van der Waals surface area contributed by atoms with E-state index in [1.165, 1.54) is 0 Å². The van der Waals surface area contributed by atoms with E-state index in [9.17, 15) is 4.79 Å². The second kappa shape index (κ2) is 8.46. The number of esters is 1. The first-order valence-corrected chi connectivity index (χ1v) is 21.1. The molecule has 0 N–H and O–H groups in total. The lowest BCUT2D eigenvalue weighted by Gasteiger charge is -2.42. The van der Waals surface area contributed by atoms with E-state index in [4.69, 9.17) is 21.8 Å². The van der Waals surface area contributed by atoms with E-state index in [0.717, 1.165) is 0 Å². The van der Waals surface area contributed by atoms with Crippen molar-refractivity contribution in [3.8, 4) is 0 Å². The minimum atomic E-state index is -2.97. The molecule has 1 saturated heterocycles. The average Bonchev–Trinajstić information content (AvgIpc) is 2.67. The second-order valence-corrected chi connectivity index (χ2v) is 26.3. The Morgan fingerprint density at radius 2 is 1.32 bits per heavy atom. The molecule has 1 aliphatic rings. The summed E-state index contributed by atoms with van der Waals surface area (Å²) in [5.74, 6) is -0.146. The van der Waals surface area contributed by atoms with Crippen LogP contribution in [-0.4, -0.2) is 58.7 Å². The van der Waals surface area contributed by atoms with E-state index in [1.54, 1.807) is 0 Å². The number of hydrogen-bond acceptors (Lipinski definition) is 6. The van der Waals surface area contributed by atoms with Gasteiger partial charge in [-0.1, -0.05) is 0 Å². The van der Waals surface area contributed by atoms with Gasteiger partial charge in [0, 0.05) is 6.42 Å². The van der Waals surface area contributed by atoms with Crippen LogP contribution in [-0.2, 0) is 26.6 Å². The number of cyclic esters (lactones) is 1. The van der Waals surface area contributed by atoms with Crippen molar-refractivity contribution in [3.05, 3.63) is 0 Å². The number of rotatable bonds is 10. The highest BCUT2D eigenvalue weighted by Crippen LogP contribution is 2.26. The van der Waals surface area contributed by atoms with Gasteiger partial charge in [0.1, 0.15) is 12.3 Å². The maximum Gasteiger partial charge on any atom is 0.496 e. The minimum Gasteiger partial charge on any atom is -0.460 e. The van der Waals surface area contributed by atoms with Gasteiger partial charge in [-0.2, -0.15) is 0 Å². The van der Waals surface area contributed by atoms with Crippen LogP contribution in [0.1, 0.15) is 12.8 Å². The first-order chi connectivity index (χ1) is 11.1. The fourth-order valence-corrected chi connectivity index (χ4v) is 16.5. The third kappa shape index (κ3) is 10.2. The van der Waals surface area contributed by atoms with Gasteiger partial charge < -0.3 is 21.8 Å². The van der Waals surface area contributed by atoms with E-state index in [2.05, 4.69) is 58.9 Å². The Hall–Kier alpha value is 0.178. The van der Waals surface area contributed by atoms with Crippen LogP contribution < -0.4 is 0 Å². The van der Waals surface area contributed by atoms with E-state index in [1.807, 2.05) is 0 Å². The van der Waals surface area contributed by atoms with Crippen molar-refractivity contribution >= 4 is 39.7 Å². The number of hydrogen-bond donors (Lipinski definition) is 0. The Morgan fingerprint density at radius 1 is 0.880 bits per heavy atom. The summed E-state index contributed by atoms with van der Waals surface area (Å²) in [6, 6.07) is 0. The SMILES string of the molecule is C[Si](C)(C)O[Si](COCC1CCC(=O)O1)(O[Si](C)(C)C)O[Si](C)(C)C. The molecule has 10 heteroatoms. The van der Waals surface area contributed by atoms with Gasteiger partial charge in [0.05, 0.1) is 6.61 Å². The van der Waals surface area contributed by atoms with Gasteiger partial charge in [0.25, 0.3) is 0 Å². The van der Waals surface area contributed by atoms with Crippen LogP contribution in [0.2, 0.25) is 58.9 Å². The predicted octanol–water partition coefficient (Wildman–Crippen LogP) is 3.74. The summed E-state index contributed by atoms with van der Waals surface area (Å²) >= 11 is 0. The molecule has 1 fully saturated rings. The van der Waals surface area contributed by atoms with Crippen molar-refractivity contribution in [2.24, 2.45) is 0 Å². The van der Waals surface area contributed by atoms with Gasteiger partial charge in [-0.05, 0) is 65.3 Å². The molecule has 6 nitrogen and oxygen atoms in total. The summed E-state index contributed by atoms with van der Waals surface area (Å²) in [6.07, 6.45) is 1.34. The smallest absolute Gasteiger partial charge is 0.460 e. The molecule has 1 rings (SSSR count). The van der Waals surface area contributed by atoms with Crippen LogP contribution in [0.5, 0.6) is 0 Å². The van der Waals surface area contributed by atoms with Crippen LogP contribution >= 0.6 is 0 Å². The maximum atomic E-state index is 11.2. The van der Waals surface area contributed by atoms with Gasteiger partial charge in [-0.15, -0.1) is 0 Å². The molecule has 0 aromatic heterocycles. The number of ether oxygens (including phenoxy) is 2. The molecule has 0 spiro atoms. The van der Waals surface area contributed by atoms with Crippen molar-refractivity contribution < 1.29 is 26.6 Å². The molecule has 1 heterocycles. The Balaban J connectivity index is 2.90. The van der Waals surface area contributed by atoms with Gasteiger partial charge in [0.15, 0.2) is 25.0 Å². The van der Waals surface area contributed by atoms with Gasteiger partial charge in [-0.3, -0.25) is 4.79 Å². The molecular weight excluding hydrogens is 389 g/mol. The molecular formula is C15H36O6Si4. The minimum absolute atomic E-state index is 0.146. The monoisotopic (exact) mass is 424 g/mol. The molecule has 0 aliphatic carbocycles. The van der Waals surface area contributed by atoms with Gasteiger partial charge in [-0.25, -0.2) is 0 Å². The molecule has 1 unspecified atom stereocenters. The zero-order valence-electron chi connectivity index (χ0n) is 17.4. The second-order valence-electron chi connectivity index (χ2n) is 9.49. The van der Waals surface area contributed by atoms with Gasteiger partial charge in [0.2, 0.25) is 0 Å². The summed E-state index contributed by atoms with van der Waals surface area (Å²) in [6.45, 7) is 19.7. The first-order valence-electron chi connectivity index (χ1n) is 8.97. The summed E-state index contributed by atoms with van der Waals surface area (Å²) in [7, 11) is -8.65. The molecule has 1 aliphatic heterocycles. The number of carbonyl (C=O) groups excluding carboxylic acids is 1. The third-order valence-corrected chi connectivity index (χ3v) is 14.6. The molecule has 0 bridgehead atoms.